The number of aliphatic carboxylic acids is 1. The molecular weight excluding hydrogens is 658 g/mol. The second kappa shape index (κ2) is 14.8. The minimum Gasteiger partial charge on any atom is -0.480 e. The largest absolute Gasteiger partial charge is 0.480 e. The van der Waals surface area contributed by atoms with Crippen LogP contribution in [0.15, 0.2) is 66.7 Å². The lowest BCUT2D eigenvalue weighted by molar-refractivity contribution is -0.143. The molecule has 8 nitrogen and oxygen atoms in total. The summed E-state index contributed by atoms with van der Waals surface area (Å²) >= 11 is 0. The Morgan fingerprint density at radius 2 is 1.37 bits per heavy atom. The summed E-state index contributed by atoms with van der Waals surface area (Å²) in [6, 6.07) is 15.1. The van der Waals surface area contributed by atoms with Crippen molar-refractivity contribution in [2.45, 2.75) is 76.5 Å². The van der Waals surface area contributed by atoms with Crippen molar-refractivity contribution in [2.24, 2.45) is 0 Å². The molecule has 0 radical (unpaired) electrons. The zero-order valence-electron chi connectivity index (χ0n) is 27.0. The lowest BCUT2D eigenvalue weighted by Gasteiger charge is -2.28. The summed E-state index contributed by atoms with van der Waals surface area (Å²) < 4.78 is 91.3. The molecule has 1 unspecified atom stereocenters. The molecule has 3 aromatic carbocycles. The van der Waals surface area contributed by atoms with Crippen LogP contribution < -0.4 is 5.32 Å². The fraction of sp³-hybridized carbons (Fsp3) is 0.400. The number of carboxylic acid groups (broad SMARTS) is 1. The molecule has 2 amide bonds. The normalized spacial score (nSPS) is 13.7. The van der Waals surface area contributed by atoms with Gasteiger partial charge in [0.25, 0.3) is 0 Å². The number of ether oxygens (including phenoxy) is 2. The van der Waals surface area contributed by atoms with Crippen LogP contribution in [-0.4, -0.2) is 53.0 Å². The van der Waals surface area contributed by atoms with Crippen molar-refractivity contribution in [1.82, 2.24) is 10.2 Å². The van der Waals surface area contributed by atoms with E-state index in [1.165, 1.54) is 0 Å². The van der Waals surface area contributed by atoms with Gasteiger partial charge in [0, 0.05) is 19.0 Å². The summed E-state index contributed by atoms with van der Waals surface area (Å²) in [5.41, 5.74) is -0.513. The zero-order chi connectivity index (χ0) is 36.1. The Balaban J connectivity index is 1.38. The summed E-state index contributed by atoms with van der Waals surface area (Å²) in [5, 5.41) is 12.1. The number of benzene rings is 3. The molecule has 0 fully saturated rings. The Bertz CT molecular complexity index is 1590. The molecule has 0 saturated heterocycles. The van der Waals surface area contributed by atoms with Crippen LogP contribution in [0.3, 0.4) is 0 Å². The number of fused-ring (bicyclic) bond motifs is 3. The number of hydrogen-bond acceptors (Lipinski definition) is 5. The molecule has 14 heteroatoms. The monoisotopic (exact) mass is 694 g/mol. The van der Waals surface area contributed by atoms with Gasteiger partial charge in [-0.25, -0.2) is 14.4 Å². The lowest BCUT2D eigenvalue weighted by Crippen LogP contribution is -2.41. The summed E-state index contributed by atoms with van der Waals surface area (Å²) in [4.78, 5) is 38.5. The molecule has 264 valence electrons. The number of carbonyl (C=O) groups excluding carboxylic acids is 2. The van der Waals surface area contributed by atoms with Gasteiger partial charge in [-0.1, -0.05) is 48.5 Å². The quantitative estimate of drug-likeness (QED) is 0.154. The highest BCUT2D eigenvalue weighted by Gasteiger charge is 2.37. The van der Waals surface area contributed by atoms with Gasteiger partial charge in [-0.15, -0.1) is 0 Å². The molecule has 4 rings (SSSR count). The van der Waals surface area contributed by atoms with Crippen LogP contribution in [0.4, 0.5) is 35.9 Å². The van der Waals surface area contributed by atoms with Crippen molar-refractivity contribution in [2.75, 3.05) is 13.2 Å². The van der Waals surface area contributed by atoms with Crippen LogP contribution >= 0.6 is 0 Å². The first-order chi connectivity index (χ1) is 22.8. The van der Waals surface area contributed by atoms with Crippen molar-refractivity contribution < 1.29 is 55.3 Å². The third-order valence-corrected chi connectivity index (χ3v) is 7.78. The first-order valence-corrected chi connectivity index (χ1v) is 15.4. The number of carboxylic acids is 1. The fourth-order valence-electron chi connectivity index (χ4n) is 5.58. The number of nitrogens with zero attached hydrogens (tertiary/aromatic N) is 1. The maximum absolute atomic E-state index is 13.4. The van der Waals surface area contributed by atoms with Gasteiger partial charge >= 0.3 is 30.5 Å². The van der Waals surface area contributed by atoms with E-state index in [4.69, 9.17) is 9.47 Å². The molecule has 0 heterocycles. The average molecular weight is 695 g/mol. The molecule has 0 spiro atoms. The zero-order valence-corrected chi connectivity index (χ0v) is 27.0. The highest BCUT2D eigenvalue weighted by Crippen LogP contribution is 2.44. The van der Waals surface area contributed by atoms with Gasteiger partial charge < -0.3 is 24.8 Å². The maximum Gasteiger partial charge on any atom is 0.416 e. The van der Waals surface area contributed by atoms with Gasteiger partial charge in [-0.2, -0.15) is 26.3 Å². The van der Waals surface area contributed by atoms with Crippen molar-refractivity contribution in [1.29, 1.82) is 0 Å². The average Bonchev–Trinajstić information content (AvgIpc) is 3.32. The number of carbonyl (C=O) groups is 3. The Morgan fingerprint density at radius 3 is 1.86 bits per heavy atom. The topological polar surface area (TPSA) is 105 Å². The first-order valence-electron chi connectivity index (χ1n) is 15.4. The van der Waals surface area contributed by atoms with Crippen LogP contribution in [0, 0.1) is 0 Å². The Kier molecular flexibility index (Phi) is 11.2. The van der Waals surface area contributed by atoms with Crippen LogP contribution in [0.2, 0.25) is 0 Å². The summed E-state index contributed by atoms with van der Waals surface area (Å²) in [6.45, 7) is 3.76. The molecule has 1 atom stereocenters. The van der Waals surface area contributed by atoms with E-state index in [1.54, 1.807) is 20.8 Å². The number of hydrogen-bond donors (Lipinski definition) is 2. The standard InChI is InChI=1S/C35H36F6N2O6/c1-33(2,3)49-32(47)43(19-21-16-22(34(36,37)38)18-23(17-21)35(39,40)41)15-9-8-14-29(30(44)45)42-31(46)48-20-28-26-12-6-4-10-24(26)25-11-5-7-13-27(25)28/h4-7,10-13,16-18,28-29H,8-9,14-15,19-20H2,1-3H3,(H,42,46)(H,44,45). The molecule has 2 N–H and O–H groups in total. The number of amides is 2. The lowest BCUT2D eigenvalue weighted by atomic mass is 9.98. The van der Waals surface area contributed by atoms with Crippen molar-refractivity contribution in [3.05, 3.63) is 94.5 Å². The molecule has 3 aromatic rings. The van der Waals surface area contributed by atoms with Crippen molar-refractivity contribution in [3.8, 4) is 11.1 Å². The highest BCUT2D eigenvalue weighted by molar-refractivity contribution is 5.81. The van der Waals surface area contributed by atoms with Gasteiger partial charge in [-0.3, -0.25) is 0 Å². The van der Waals surface area contributed by atoms with Gasteiger partial charge in [0.15, 0.2) is 0 Å². The van der Waals surface area contributed by atoms with Crippen molar-refractivity contribution >= 4 is 18.2 Å². The van der Waals surface area contributed by atoms with Crippen LogP contribution in [0.5, 0.6) is 0 Å². The summed E-state index contributed by atoms with van der Waals surface area (Å²) in [7, 11) is 0. The third kappa shape index (κ3) is 9.89. The molecule has 1 aliphatic carbocycles. The van der Waals surface area contributed by atoms with Crippen LogP contribution in [0.25, 0.3) is 11.1 Å². The molecular formula is C35H36F6N2O6. The highest BCUT2D eigenvalue weighted by atomic mass is 19.4. The predicted molar refractivity (Wildman–Crippen MR) is 167 cm³/mol. The number of halogens is 6. The Labute approximate surface area is 279 Å². The minimum absolute atomic E-state index is 0.00305. The SMILES string of the molecule is CC(C)(C)OC(=O)N(CCCCC(NC(=O)OCC1c2ccccc2-c2ccccc21)C(=O)O)Cc1cc(C(F)(F)F)cc(C(F)(F)F)c1. The maximum atomic E-state index is 13.4. The Hall–Kier alpha value is -4.75. The van der Waals surface area contributed by atoms with Crippen molar-refractivity contribution in [3.63, 3.8) is 0 Å². The van der Waals surface area contributed by atoms with E-state index in [2.05, 4.69) is 5.32 Å². The van der Waals surface area contributed by atoms with Gasteiger partial charge in [0.2, 0.25) is 0 Å². The van der Waals surface area contributed by atoms with Crippen LogP contribution in [0.1, 0.15) is 73.8 Å². The van der Waals surface area contributed by atoms with E-state index in [0.29, 0.717) is 12.1 Å². The number of nitrogens with one attached hydrogen (secondary N) is 1. The van der Waals surface area contributed by atoms with E-state index >= 15 is 0 Å². The van der Waals surface area contributed by atoms with E-state index in [0.717, 1.165) is 27.2 Å². The molecule has 0 saturated carbocycles. The summed E-state index contributed by atoms with van der Waals surface area (Å²) in [5.74, 6) is -1.59. The van der Waals surface area contributed by atoms with Gasteiger partial charge in [0.1, 0.15) is 18.2 Å². The van der Waals surface area contributed by atoms with E-state index in [9.17, 15) is 45.8 Å². The van der Waals surface area contributed by atoms with E-state index in [-0.39, 0.29) is 44.4 Å². The predicted octanol–water partition coefficient (Wildman–Crippen LogP) is 8.62. The second-order valence-electron chi connectivity index (χ2n) is 12.7. The second-order valence-corrected chi connectivity index (χ2v) is 12.7. The van der Waals surface area contributed by atoms with Gasteiger partial charge in [0.05, 0.1) is 11.1 Å². The fourth-order valence-corrected chi connectivity index (χ4v) is 5.58. The number of alkyl halides is 6. The molecule has 0 bridgehead atoms. The molecule has 0 aliphatic heterocycles. The molecule has 0 aromatic heterocycles. The molecule has 49 heavy (non-hydrogen) atoms. The smallest absolute Gasteiger partial charge is 0.416 e. The van der Waals surface area contributed by atoms with Crippen LogP contribution in [-0.2, 0) is 33.2 Å². The summed E-state index contributed by atoms with van der Waals surface area (Å²) in [6.07, 6.45) is -12.0. The molecule has 1 aliphatic rings. The minimum atomic E-state index is -5.07. The number of unbranched alkanes of at least 4 members (excludes halogenated alkanes) is 1. The van der Waals surface area contributed by atoms with E-state index < -0.39 is 65.4 Å². The third-order valence-electron chi connectivity index (χ3n) is 7.78. The number of alkyl carbamates (subject to hydrolysis) is 1. The Morgan fingerprint density at radius 1 is 0.837 bits per heavy atom. The first kappa shape index (κ1) is 37.1. The number of rotatable bonds is 11. The van der Waals surface area contributed by atoms with Gasteiger partial charge in [-0.05, 0) is 86.1 Å². The van der Waals surface area contributed by atoms with E-state index in [1.807, 2.05) is 48.5 Å².